The van der Waals surface area contributed by atoms with Gasteiger partial charge in [0.25, 0.3) is 0 Å². The van der Waals surface area contributed by atoms with Crippen LogP contribution < -0.4 is 16.0 Å². The molecule has 0 unspecified atom stereocenters. The fraction of sp³-hybridized carbons (Fsp3) is 0.857. The zero-order valence-corrected chi connectivity index (χ0v) is 37.8. The molecular formula is C42H75N8O7P. The number of ether oxygens (including phenoxy) is 2. The first-order valence-corrected chi connectivity index (χ1v) is 23.9. The van der Waals surface area contributed by atoms with Crippen molar-refractivity contribution in [2.45, 2.75) is 130 Å². The molecule has 4 fully saturated rings. The third-order valence-electron chi connectivity index (χ3n) is 12.0. The molecule has 1 saturated heterocycles. The number of fused-ring (bicyclic) bond motifs is 2. The van der Waals surface area contributed by atoms with Gasteiger partial charge in [0.1, 0.15) is 22.8 Å². The van der Waals surface area contributed by atoms with Crippen LogP contribution in [0.3, 0.4) is 0 Å². The predicted molar refractivity (Wildman–Crippen MR) is 229 cm³/mol. The van der Waals surface area contributed by atoms with Gasteiger partial charge in [-0.1, -0.05) is 6.42 Å². The minimum atomic E-state index is -3.07. The zero-order valence-electron chi connectivity index (χ0n) is 36.9. The molecule has 4 aliphatic rings. The molecule has 3 N–H and O–H groups in total. The van der Waals surface area contributed by atoms with Crippen molar-refractivity contribution in [3.05, 3.63) is 6.07 Å². The summed E-state index contributed by atoms with van der Waals surface area (Å²) < 4.78 is 35.6. The van der Waals surface area contributed by atoms with Gasteiger partial charge < -0.3 is 44.3 Å². The minimum Gasteiger partial charge on any atom is -0.444 e. The van der Waals surface area contributed by atoms with E-state index in [0.717, 1.165) is 70.6 Å². The number of amides is 2. The number of carbonyl (C=O) groups is 2. The molecular weight excluding hydrogens is 759 g/mol. The zero-order chi connectivity index (χ0) is 42.1. The van der Waals surface area contributed by atoms with Crippen LogP contribution in [0.5, 0.6) is 0 Å². The van der Waals surface area contributed by atoms with Crippen LogP contribution in [-0.4, -0.2) is 132 Å². The molecule has 0 radical (unpaired) electrons. The second-order valence-electron chi connectivity index (χ2n) is 18.9. The van der Waals surface area contributed by atoms with Gasteiger partial charge in [-0.05, 0) is 130 Å². The molecule has 15 nitrogen and oxygen atoms in total. The maximum atomic E-state index is 13.5. The Morgan fingerprint density at radius 3 is 2.09 bits per heavy atom. The fourth-order valence-corrected chi connectivity index (χ4v) is 10.9. The van der Waals surface area contributed by atoms with Crippen LogP contribution in [-0.2, 0) is 23.1 Å². The monoisotopic (exact) mass is 835 g/mol. The van der Waals surface area contributed by atoms with Crippen molar-refractivity contribution in [3.63, 3.8) is 0 Å². The molecule has 5 rings (SSSR count). The topological polar surface area (TPSA) is 165 Å². The van der Waals surface area contributed by atoms with E-state index in [2.05, 4.69) is 20.1 Å². The first-order chi connectivity index (χ1) is 27.4. The van der Waals surface area contributed by atoms with Crippen LogP contribution >= 0.6 is 7.60 Å². The smallest absolute Gasteiger partial charge is 0.410 e. The van der Waals surface area contributed by atoms with Gasteiger partial charge in [-0.25, -0.2) is 9.59 Å². The summed E-state index contributed by atoms with van der Waals surface area (Å²) in [6.07, 6.45) is 9.34. The maximum Gasteiger partial charge on any atom is 0.410 e. The molecule has 0 aromatic carbocycles. The van der Waals surface area contributed by atoms with E-state index in [-0.39, 0.29) is 18.2 Å². The van der Waals surface area contributed by atoms with Crippen molar-refractivity contribution in [2.24, 2.45) is 23.7 Å². The van der Waals surface area contributed by atoms with Gasteiger partial charge in [-0.15, -0.1) is 0 Å². The molecule has 3 aliphatic carbocycles. The quantitative estimate of drug-likeness (QED) is 0.138. The Labute approximate surface area is 348 Å². The maximum absolute atomic E-state index is 13.5. The van der Waals surface area contributed by atoms with Gasteiger partial charge in [-0.3, -0.25) is 9.46 Å². The van der Waals surface area contributed by atoms with Crippen molar-refractivity contribution in [1.29, 1.82) is 0 Å². The lowest BCUT2D eigenvalue weighted by Crippen LogP contribution is -2.47. The van der Waals surface area contributed by atoms with E-state index in [1.54, 1.807) is 0 Å². The molecule has 0 spiro atoms. The summed E-state index contributed by atoms with van der Waals surface area (Å²) in [5, 5.41) is 3.47. The van der Waals surface area contributed by atoms with E-state index < -0.39 is 18.8 Å². The number of carbonyl (C=O) groups excluding carboxylic acids is 2. The van der Waals surface area contributed by atoms with Crippen molar-refractivity contribution in [3.8, 4) is 0 Å². The Morgan fingerprint density at radius 2 is 1.50 bits per heavy atom. The fourth-order valence-electron chi connectivity index (χ4n) is 9.20. The summed E-state index contributed by atoms with van der Waals surface area (Å²) in [5.74, 6) is 3.85. The van der Waals surface area contributed by atoms with E-state index in [1.165, 1.54) is 19.3 Å². The highest BCUT2D eigenvalue weighted by molar-refractivity contribution is 7.53. The number of aromatic nitrogens is 2. The highest BCUT2D eigenvalue weighted by atomic mass is 31.2. The summed E-state index contributed by atoms with van der Waals surface area (Å²) in [6, 6.07) is 2.05. The number of nitrogens with zero attached hydrogens (tertiary/aromatic N) is 6. The van der Waals surface area contributed by atoms with Gasteiger partial charge >= 0.3 is 19.8 Å². The van der Waals surface area contributed by atoms with E-state index in [1.807, 2.05) is 71.3 Å². The van der Waals surface area contributed by atoms with Crippen LogP contribution in [0.15, 0.2) is 6.07 Å². The number of anilines is 3. The third kappa shape index (κ3) is 14.1. The predicted octanol–water partition coefficient (Wildman–Crippen LogP) is 7.72. The molecule has 1 aliphatic heterocycles. The minimum absolute atomic E-state index is 0.221. The van der Waals surface area contributed by atoms with Crippen molar-refractivity contribution < 1.29 is 32.7 Å². The van der Waals surface area contributed by atoms with Gasteiger partial charge in [0.05, 0.1) is 19.4 Å². The molecule has 2 bridgehead atoms. The molecule has 3 saturated carbocycles. The Hall–Kier alpha value is -2.87. The van der Waals surface area contributed by atoms with Crippen LogP contribution in [0.2, 0.25) is 0 Å². The molecule has 330 valence electrons. The number of nitrogen functional groups attached to an aromatic ring is 1. The summed E-state index contributed by atoms with van der Waals surface area (Å²) in [5.41, 5.74) is 5.11. The normalized spacial score (nSPS) is 24.1. The second kappa shape index (κ2) is 20.6. The van der Waals surface area contributed by atoms with Gasteiger partial charge in [0.2, 0.25) is 5.95 Å². The van der Waals surface area contributed by atoms with Crippen LogP contribution in [0.1, 0.15) is 113 Å². The van der Waals surface area contributed by atoms with Gasteiger partial charge in [0.15, 0.2) is 0 Å². The number of piperazine rings is 1. The number of hydrogen-bond acceptors (Lipinski definition) is 13. The van der Waals surface area contributed by atoms with E-state index >= 15 is 0 Å². The molecule has 2 heterocycles. The summed E-state index contributed by atoms with van der Waals surface area (Å²) in [4.78, 5) is 44.7. The first-order valence-electron chi connectivity index (χ1n) is 22.1. The highest BCUT2D eigenvalue weighted by Crippen LogP contribution is 2.48. The average Bonchev–Trinajstić information content (AvgIpc) is 3.78. The lowest BCUT2D eigenvalue weighted by atomic mass is 9.81. The summed E-state index contributed by atoms with van der Waals surface area (Å²) >= 11 is 0. The standard InChI is InChI=1S/C42H75N8O7P/c1-9-54-58(53,55-10-2)25-24-47-20-22-48(23-21-47)37-28-36(43)45-38(46-37)44-29-31-12-14-32(15-13-31)30-49(39(51)56-41(3,4)5)18-11-19-50(40(52)57-42(6,7)8)35-27-33-16-17-34(35)26-33/h28,31-35H,9-27,29-30H2,1-8H3,(H3,43,44,45,46)/t31?,32?,33-,34+,35+/m1/s1. The number of hydrogen-bond donors (Lipinski definition) is 2. The average molecular weight is 835 g/mol. The van der Waals surface area contributed by atoms with E-state index in [0.29, 0.717) is 87.4 Å². The van der Waals surface area contributed by atoms with Crippen LogP contribution in [0.4, 0.5) is 27.2 Å². The number of rotatable bonds is 18. The largest absolute Gasteiger partial charge is 0.444 e. The lowest BCUT2D eigenvalue weighted by Gasteiger charge is -2.37. The molecule has 1 aromatic heterocycles. The first kappa shape index (κ1) is 46.2. The van der Waals surface area contributed by atoms with Crippen molar-refractivity contribution in [1.82, 2.24) is 24.7 Å². The second-order valence-corrected chi connectivity index (χ2v) is 21.1. The highest BCUT2D eigenvalue weighted by Gasteiger charge is 2.44. The number of nitrogens with two attached hydrogens (primary N) is 1. The van der Waals surface area contributed by atoms with Gasteiger partial charge in [-0.2, -0.15) is 9.97 Å². The molecule has 1 aromatic rings. The molecule has 58 heavy (non-hydrogen) atoms. The summed E-state index contributed by atoms with van der Waals surface area (Å²) in [7, 11) is -3.07. The summed E-state index contributed by atoms with van der Waals surface area (Å²) in [6.45, 7) is 22.2. The van der Waals surface area contributed by atoms with Crippen LogP contribution in [0, 0.1) is 23.7 Å². The lowest BCUT2D eigenvalue weighted by molar-refractivity contribution is 0.00710. The van der Waals surface area contributed by atoms with Crippen LogP contribution in [0.25, 0.3) is 0 Å². The third-order valence-corrected chi connectivity index (χ3v) is 14.0. The number of nitrogens with one attached hydrogen (secondary N) is 1. The molecule has 2 amide bonds. The molecule has 16 heteroatoms. The Morgan fingerprint density at radius 1 is 0.862 bits per heavy atom. The van der Waals surface area contributed by atoms with Gasteiger partial charge in [0, 0.05) is 71.0 Å². The SMILES string of the molecule is CCOP(=O)(CCN1CCN(c2cc(N)nc(NCC3CCC(CN(CCCN(C(=O)OC(C)(C)C)[C@H]4C[C@@H]5CC[C@H]4C5)C(=O)OC(C)(C)C)CC3)n2)CC1)OCC. The van der Waals surface area contributed by atoms with E-state index in [4.69, 9.17) is 29.2 Å². The van der Waals surface area contributed by atoms with Crippen molar-refractivity contribution in [2.75, 3.05) is 94.2 Å². The Bertz CT molecular complexity index is 1510. The van der Waals surface area contributed by atoms with E-state index in [9.17, 15) is 14.2 Å². The molecule has 3 atom stereocenters. The van der Waals surface area contributed by atoms with Crippen molar-refractivity contribution >= 4 is 37.4 Å². The Kier molecular flexibility index (Phi) is 16.4. The Balaban J connectivity index is 1.09.